The predicted octanol–water partition coefficient (Wildman–Crippen LogP) is 3.37. The Kier molecular flexibility index (Phi) is 6.77. The van der Waals surface area contributed by atoms with E-state index in [1.54, 1.807) is 30.3 Å². The highest BCUT2D eigenvalue weighted by Gasteiger charge is 2.10. The number of phenols is 2. The molecule has 140 valence electrons. The molecule has 0 fully saturated rings. The molecule has 0 aliphatic rings. The first-order chi connectivity index (χ1) is 12.9. The maximum absolute atomic E-state index is 12.0. The Morgan fingerprint density at radius 3 is 1.81 bits per heavy atom. The van der Waals surface area contributed by atoms with Crippen molar-refractivity contribution < 1.29 is 29.3 Å². The van der Waals surface area contributed by atoms with Gasteiger partial charge in [0, 0.05) is 0 Å². The Hall–Kier alpha value is -3.54. The lowest BCUT2D eigenvalue weighted by Crippen LogP contribution is -2.01. The van der Waals surface area contributed by atoms with Gasteiger partial charge in [-0.15, -0.1) is 0 Å². The van der Waals surface area contributed by atoms with Crippen molar-refractivity contribution >= 4 is 23.7 Å². The molecule has 6 nitrogen and oxygen atoms in total. The second-order valence-electron chi connectivity index (χ2n) is 5.64. The molecule has 0 aliphatic heterocycles. The van der Waals surface area contributed by atoms with E-state index in [1.165, 1.54) is 44.6 Å². The largest absolute Gasteiger partial charge is 0.508 e. The van der Waals surface area contributed by atoms with Crippen molar-refractivity contribution in [3.63, 3.8) is 0 Å². The van der Waals surface area contributed by atoms with E-state index in [2.05, 4.69) is 0 Å². The summed E-state index contributed by atoms with van der Waals surface area (Å²) in [5.41, 5.74) is 1.33. The Bertz CT molecular complexity index is 853. The van der Waals surface area contributed by atoms with E-state index in [0.717, 1.165) is 5.56 Å². The Morgan fingerprint density at radius 1 is 0.852 bits per heavy atom. The fourth-order valence-corrected chi connectivity index (χ4v) is 2.26. The maximum atomic E-state index is 12.0. The number of hydrogen-bond donors (Lipinski definition) is 2. The molecule has 0 atom stereocenters. The average Bonchev–Trinajstić information content (AvgIpc) is 2.66. The van der Waals surface area contributed by atoms with Gasteiger partial charge >= 0.3 is 0 Å². The van der Waals surface area contributed by atoms with Crippen molar-refractivity contribution in [2.75, 3.05) is 14.2 Å². The normalized spacial score (nSPS) is 11.0. The fourth-order valence-electron chi connectivity index (χ4n) is 2.26. The van der Waals surface area contributed by atoms with Crippen LogP contribution in [0.1, 0.15) is 17.5 Å². The number of methoxy groups -OCH3 is 2. The molecule has 0 saturated carbocycles. The van der Waals surface area contributed by atoms with Crippen molar-refractivity contribution in [2.45, 2.75) is 6.42 Å². The van der Waals surface area contributed by atoms with Crippen LogP contribution >= 0.6 is 0 Å². The third-order valence-corrected chi connectivity index (χ3v) is 3.67. The van der Waals surface area contributed by atoms with E-state index < -0.39 is 0 Å². The molecular weight excluding hydrogens is 348 g/mol. The summed E-state index contributed by atoms with van der Waals surface area (Å²) in [4.78, 5) is 23.9. The van der Waals surface area contributed by atoms with Crippen LogP contribution in [0, 0.1) is 0 Å². The zero-order valence-electron chi connectivity index (χ0n) is 15.0. The monoisotopic (exact) mass is 368 g/mol. The molecular formula is C21H20O6. The summed E-state index contributed by atoms with van der Waals surface area (Å²) in [5.74, 6) is -0.247. The van der Waals surface area contributed by atoms with Gasteiger partial charge in [0.05, 0.1) is 20.6 Å². The lowest BCUT2D eigenvalue weighted by atomic mass is 10.1. The number of aromatic hydroxyl groups is 2. The SMILES string of the molecule is COc1cc(/C=C/C(=O)CC(=O)/C=C/c2ccc(O)cc2)cc(OC)c1O. The Balaban J connectivity index is 2.00. The van der Waals surface area contributed by atoms with E-state index in [0.29, 0.717) is 5.56 Å². The van der Waals surface area contributed by atoms with E-state index in [4.69, 9.17) is 9.47 Å². The molecule has 0 aliphatic carbocycles. The molecule has 0 bridgehead atoms. The molecule has 27 heavy (non-hydrogen) atoms. The number of carbonyl (C=O) groups is 2. The van der Waals surface area contributed by atoms with Crippen molar-refractivity contribution in [1.29, 1.82) is 0 Å². The van der Waals surface area contributed by atoms with Gasteiger partial charge in [-0.05, 0) is 47.5 Å². The topological polar surface area (TPSA) is 93.1 Å². The fraction of sp³-hybridized carbons (Fsp3) is 0.143. The van der Waals surface area contributed by atoms with Crippen LogP contribution in [-0.2, 0) is 9.59 Å². The third kappa shape index (κ3) is 5.74. The second kappa shape index (κ2) is 9.24. The van der Waals surface area contributed by atoms with E-state index >= 15 is 0 Å². The molecule has 2 aromatic carbocycles. The van der Waals surface area contributed by atoms with Crippen LogP contribution in [0.15, 0.2) is 48.6 Å². The van der Waals surface area contributed by atoms with Crippen molar-refractivity contribution in [3.8, 4) is 23.0 Å². The van der Waals surface area contributed by atoms with Gasteiger partial charge in [-0.1, -0.05) is 24.3 Å². The molecule has 6 heteroatoms. The number of carbonyl (C=O) groups excluding carboxylic acids is 2. The first-order valence-corrected chi connectivity index (χ1v) is 8.08. The molecule has 0 amide bonds. The first kappa shape index (κ1) is 19.8. The van der Waals surface area contributed by atoms with Gasteiger partial charge in [0.15, 0.2) is 23.1 Å². The van der Waals surface area contributed by atoms with Crippen LogP contribution < -0.4 is 9.47 Å². The molecule has 0 aromatic heterocycles. The second-order valence-corrected chi connectivity index (χ2v) is 5.64. The highest BCUT2D eigenvalue weighted by molar-refractivity contribution is 6.10. The number of ketones is 2. The van der Waals surface area contributed by atoms with Crippen LogP contribution in [0.3, 0.4) is 0 Å². The van der Waals surface area contributed by atoms with Crippen LogP contribution in [0.5, 0.6) is 23.0 Å². The van der Waals surface area contributed by atoms with Gasteiger partial charge in [-0.25, -0.2) is 0 Å². The summed E-state index contributed by atoms with van der Waals surface area (Å²) < 4.78 is 10.1. The van der Waals surface area contributed by atoms with Gasteiger partial charge in [0.25, 0.3) is 0 Å². The highest BCUT2D eigenvalue weighted by Crippen LogP contribution is 2.37. The molecule has 0 radical (unpaired) electrons. The standard InChI is InChI=1S/C21H20O6/c1-26-19-11-15(12-20(27-2)21(19)25)6-10-18(24)13-17(23)9-5-14-3-7-16(22)8-4-14/h3-12,22,25H,13H2,1-2H3/b9-5+,10-6+. The molecule has 0 unspecified atom stereocenters. The molecule has 2 aromatic rings. The van der Waals surface area contributed by atoms with E-state index in [9.17, 15) is 19.8 Å². The van der Waals surface area contributed by atoms with Gasteiger partial charge in [-0.2, -0.15) is 0 Å². The zero-order chi connectivity index (χ0) is 19.8. The summed E-state index contributed by atoms with van der Waals surface area (Å²) in [7, 11) is 2.82. The molecule has 2 rings (SSSR count). The van der Waals surface area contributed by atoms with Gasteiger partial charge in [-0.3, -0.25) is 9.59 Å². The molecule has 0 spiro atoms. The first-order valence-electron chi connectivity index (χ1n) is 8.08. The minimum atomic E-state index is -0.360. The number of benzene rings is 2. The van der Waals surface area contributed by atoms with Crippen LogP contribution in [0.4, 0.5) is 0 Å². The number of rotatable bonds is 8. The molecule has 0 saturated heterocycles. The summed E-state index contributed by atoms with van der Waals surface area (Å²) >= 11 is 0. The summed E-state index contributed by atoms with van der Waals surface area (Å²) in [6, 6.07) is 9.44. The lowest BCUT2D eigenvalue weighted by Gasteiger charge is -2.09. The maximum Gasteiger partial charge on any atom is 0.200 e. The zero-order valence-corrected chi connectivity index (χ0v) is 15.0. The summed E-state index contributed by atoms with van der Waals surface area (Å²) in [5, 5.41) is 19.1. The minimum Gasteiger partial charge on any atom is -0.508 e. The Morgan fingerprint density at radius 2 is 1.33 bits per heavy atom. The van der Waals surface area contributed by atoms with Crippen molar-refractivity contribution in [3.05, 3.63) is 59.7 Å². The lowest BCUT2D eigenvalue weighted by molar-refractivity contribution is -0.121. The summed E-state index contributed by atoms with van der Waals surface area (Å²) in [6.45, 7) is 0. The van der Waals surface area contributed by atoms with Gasteiger partial charge in [0.1, 0.15) is 5.75 Å². The van der Waals surface area contributed by atoms with Crippen molar-refractivity contribution in [2.24, 2.45) is 0 Å². The van der Waals surface area contributed by atoms with Crippen LogP contribution in [-0.4, -0.2) is 36.0 Å². The van der Waals surface area contributed by atoms with Crippen LogP contribution in [0.2, 0.25) is 0 Å². The van der Waals surface area contributed by atoms with Crippen molar-refractivity contribution in [1.82, 2.24) is 0 Å². The van der Waals surface area contributed by atoms with E-state index in [-0.39, 0.29) is 41.0 Å². The van der Waals surface area contributed by atoms with Crippen LogP contribution in [0.25, 0.3) is 12.2 Å². The quantitative estimate of drug-likeness (QED) is 0.548. The Labute approximate surface area is 157 Å². The van der Waals surface area contributed by atoms with E-state index in [1.807, 2.05) is 0 Å². The molecule has 2 N–H and O–H groups in total. The number of hydrogen-bond acceptors (Lipinski definition) is 6. The summed E-state index contributed by atoms with van der Waals surface area (Å²) in [6.07, 6.45) is 5.44. The average molecular weight is 368 g/mol. The molecule has 0 heterocycles. The number of allylic oxidation sites excluding steroid dienone is 2. The highest BCUT2D eigenvalue weighted by atomic mass is 16.5. The number of phenolic OH excluding ortho intramolecular Hbond substituents is 2. The van der Waals surface area contributed by atoms with Gasteiger partial charge < -0.3 is 19.7 Å². The predicted molar refractivity (Wildman–Crippen MR) is 102 cm³/mol. The number of ether oxygens (including phenoxy) is 2. The third-order valence-electron chi connectivity index (χ3n) is 3.67. The minimum absolute atomic E-state index is 0.127. The smallest absolute Gasteiger partial charge is 0.200 e. The van der Waals surface area contributed by atoms with Gasteiger partial charge in [0.2, 0.25) is 5.75 Å².